The van der Waals surface area contributed by atoms with Crippen LogP contribution in [0.1, 0.15) is 42.5 Å². The maximum atomic E-state index is 12.7. The number of hydrogen-bond donors (Lipinski definition) is 2. The second-order valence-electron chi connectivity index (χ2n) is 7.19. The van der Waals surface area contributed by atoms with Gasteiger partial charge in [0.1, 0.15) is 5.82 Å². The highest BCUT2D eigenvalue weighted by molar-refractivity contribution is 6.07. The van der Waals surface area contributed by atoms with E-state index in [9.17, 15) is 9.59 Å². The normalized spacial score (nSPS) is 22.2. The van der Waals surface area contributed by atoms with Crippen molar-refractivity contribution in [3.8, 4) is 0 Å². The molecule has 0 aliphatic heterocycles. The summed E-state index contributed by atoms with van der Waals surface area (Å²) in [5, 5.41) is 7.32. The molecule has 2 aromatic rings. The van der Waals surface area contributed by atoms with Crippen molar-refractivity contribution < 1.29 is 14.3 Å². The van der Waals surface area contributed by atoms with Gasteiger partial charge in [0, 0.05) is 17.5 Å². The summed E-state index contributed by atoms with van der Waals surface area (Å²) < 4.78 is 4.85. The van der Waals surface area contributed by atoms with Crippen LogP contribution in [0.3, 0.4) is 0 Å². The maximum absolute atomic E-state index is 12.7. The lowest BCUT2D eigenvalue weighted by Crippen LogP contribution is -2.26. The molecule has 0 spiro atoms. The van der Waals surface area contributed by atoms with E-state index in [4.69, 9.17) is 4.74 Å². The van der Waals surface area contributed by atoms with Gasteiger partial charge in [0.15, 0.2) is 0 Å². The zero-order valence-corrected chi connectivity index (χ0v) is 14.8. The highest BCUT2D eigenvalue weighted by Gasteiger charge is 2.31. The molecule has 136 valence electrons. The van der Waals surface area contributed by atoms with Crippen LogP contribution < -0.4 is 10.6 Å². The number of esters is 1. The number of aromatic nitrogens is 1. The molecule has 4 rings (SSSR count). The molecule has 0 unspecified atom stereocenters. The Bertz CT molecular complexity index is 847. The number of fused-ring (bicyclic) bond motifs is 1. The number of carbonyl (C=O) groups is 2. The number of benzene rings is 1. The molecular formula is C20H23N3O3. The molecular weight excluding hydrogens is 330 g/mol. The van der Waals surface area contributed by atoms with Crippen LogP contribution >= 0.6 is 0 Å². The van der Waals surface area contributed by atoms with E-state index < -0.39 is 0 Å². The number of rotatable bonds is 5. The fourth-order valence-corrected chi connectivity index (χ4v) is 3.63. The van der Waals surface area contributed by atoms with E-state index in [2.05, 4.69) is 15.6 Å². The van der Waals surface area contributed by atoms with Crippen molar-refractivity contribution in [3.63, 3.8) is 0 Å². The molecule has 2 fully saturated rings. The summed E-state index contributed by atoms with van der Waals surface area (Å²) in [6, 6.07) is 9.98. The zero-order valence-electron chi connectivity index (χ0n) is 14.8. The predicted molar refractivity (Wildman–Crippen MR) is 99.0 cm³/mol. The van der Waals surface area contributed by atoms with E-state index in [0.717, 1.165) is 43.0 Å². The van der Waals surface area contributed by atoms with Gasteiger partial charge < -0.3 is 15.4 Å². The van der Waals surface area contributed by atoms with Crippen LogP contribution in [0.4, 0.5) is 5.82 Å². The van der Waals surface area contributed by atoms with Gasteiger partial charge in [-0.25, -0.2) is 4.98 Å². The first-order valence-electron chi connectivity index (χ1n) is 9.19. The van der Waals surface area contributed by atoms with E-state index in [1.165, 1.54) is 7.11 Å². The molecule has 1 aromatic carbocycles. The van der Waals surface area contributed by atoms with Crippen LogP contribution in [0.5, 0.6) is 0 Å². The van der Waals surface area contributed by atoms with Crippen LogP contribution in [0, 0.1) is 5.92 Å². The molecule has 6 heteroatoms. The van der Waals surface area contributed by atoms with E-state index in [-0.39, 0.29) is 23.8 Å². The minimum atomic E-state index is -0.148. The van der Waals surface area contributed by atoms with Crippen molar-refractivity contribution in [1.29, 1.82) is 0 Å². The Labute approximate surface area is 152 Å². The Morgan fingerprint density at radius 1 is 1.12 bits per heavy atom. The molecule has 1 amide bonds. The Kier molecular flexibility index (Phi) is 4.49. The van der Waals surface area contributed by atoms with Gasteiger partial charge in [0.2, 0.25) is 0 Å². The van der Waals surface area contributed by atoms with Crippen LogP contribution in [-0.4, -0.2) is 36.1 Å². The summed E-state index contributed by atoms with van der Waals surface area (Å²) in [4.78, 5) is 29.0. The molecule has 2 aliphatic rings. The number of pyridine rings is 1. The van der Waals surface area contributed by atoms with Gasteiger partial charge in [-0.1, -0.05) is 18.2 Å². The lowest BCUT2D eigenvalue weighted by atomic mass is 10.1. The number of para-hydroxylation sites is 1. The van der Waals surface area contributed by atoms with Crippen molar-refractivity contribution in [2.75, 3.05) is 12.4 Å². The smallest absolute Gasteiger partial charge is 0.308 e. The summed E-state index contributed by atoms with van der Waals surface area (Å²) >= 11 is 0. The molecule has 1 heterocycles. The minimum Gasteiger partial charge on any atom is -0.469 e. The maximum Gasteiger partial charge on any atom is 0.308 e. The molecule has 2 N–H and O–H groups in total. The second-order valence-corrected chi connectivity index (χ2v) is 7.19. The first-order chi connectivity index (χ1) is 12.6. The molecule has 2 atom stereocenters. The lowest BCUT2D eigenvalue weighted by molar-refractivity contribution is -0.145. The van der Waals surface area contributed by atoms with Gasteiger partial charge in [-0.3, -0.25) is 9.59 Å². The molecule has 0 radical (unpaired) electrons. The SMILES string of the molecule is COC(=O)[C@H]1CC[C@@H](Nc2cc(C(=O)NC3CC3)c3ccccc3n2)C1. The third-order valence-corrected chi connectivity index (χ3v) is 5.19. The van der Waals surface area contributed by atoms with Gasteiger partial charge in [0.25, 0.3) is 5.91 Å². The fraction of sp³-hybridized carbons (Fsp3) is 0.450. The Balaban J connectivity index is 1.57. The topological polar surface area (TPSA) is 80.3 Å². The standard InChI is InChI=1S/C20H23N3O3/c1-26-20(25)12-6-7-14(10-12)21-18-11-16(19(24)22-13-8-9-13)15-4-2-3-5-17(15)23-18/h2-5,11-14H,6-10H2,1H3,(H,21,23)(H,22,24)/t12-,14+/m0/s1. The second kappa shape index (κ2) is 6.94. The number of amides is 1. The fourth-order valence-electron chi connectivity index (χ4n) is 3.63. The summed E-state index contributed by atoms with van der Waals surface area (Å²) in [6.07, 6.45) is 4.53. The molecule has 2 aliphatic carbocycles. The van der Waals surface area contributed by atoms with E-state index in [1.54, 1.807) is 0 Å². The van der Waals surface area contributed by atoms with Gasteiger partial charge in [0.05, 0.1) is 24.1 Å². The minimum absolute atomic E-state index is 0.0481. The van der Waals surface area contributed by atoms with Crippen LogP contribution in [0.25, 0.3) is 10.9 Å². The number of nitrogens with zero attached hydrogens (tertiary/aromatic N) is 1. The third-order valence-electron chi connectivity index (χ3n) is 5.19. The summed E-state index contributed by atoms with van der Waals surface area (Å²) in [7, 11) is 1.43. The molecule has 0 bridgehead atoms. The lowest BCUT2D eigenvalue weighted by Gasteiger charge is -2.16. The number of ether oxygens (including phenoxy) is 1. The quantitative estimate of drug-likeness (QED) is 0.808. The van der Waals surface area contributed by atoms with Crippen LogP contribution in [0.2, 0.25) is 0 Å². The van der Waals surface area contributed by atoms with Gasteiger partial charge in [-0.05, 0) is 44.2 Å². The summed E-state index contributed by atoms with van der Waals surface area (Å²) in [5.41, 5.74) is 1.44. The zero-order chi connectivity index (χ0) is 18.1. The van der Waals surface area contributed by atoms with Crippen molar-refractivity contribution in [2.45, 2.75) is 44.2 Å². The Morgan fingerprint density at radius 2 is 1.88 bits per heavy atom. The summed E-state index contributed by atoms with van der Waals surface area (Å²) in [5.74, 6) is 0.425. The Morgan fingerprint density at radius 3 is 2.65 bits per heavy atom. The average Bonchev–Trinajstić information content (AvgIpc) is 3.35. The van der Waals surface area contributed by atoms with Crippen molar-refractivity contribution in [3.05, 3.63) is 35.9 Å². The number of anilines is 1. The number of methoxy groups -OCH3 is 1. The monoisotopic (exact) mass is 353 g/mol. The molecule has 26 heavy (non-hydrogen) atoms. The van der Waals surface area contributed by atoms with Crippen LogP contribution in [-0.2, 0) is 9.53 Å². The van der Waals surface area contributed by atoms with Gasteiger partial charge >= 0.3 is 5.97 Å². The van der Waals surface area contributed by atoms with Crippen molar-refractivity contribution in [1.82, 2.24) is 10.3 Å². The average molecular weight is 353 g/mol. The van der Waals surface area contributed by atoms with Gasteiger partial charge in [-0.2, -0.15) is 0 Å². The first-order valence-corrected chi connectivity index (χ1v) is 9.19. The molecule has 6 nitrogen and oxygen atoms in total. The molecule has 2 saturated carbocycles. The van der Waals surface area contributed by atoms with E-state index in [0.29, 0.717) is 17.4 Å². The van der Waals surface area contributed by atoms with Gasteiger partial charge in [-0.15, -0.1) is 0 Å². The number of carbonyl (C=O) groups excluding carboxylic acids is 2. The largest absolute Gasteiger partial charge is 0.469 e. The summed E-state index contributed by atoms with van der Waals surface area (Å²) in [6.45, 7) is 0. The molecule has 1 aromatic heterocycles. The first kappa shape index (κ1) is 16.8. The highest BCUT2D eigenvalue weighted by Crippen LogP contribution is 2.30. The van der Waals surface area contributed by atoms with Crippen LogP contribution in [0.15, 0.2) is 30.3 Å². The third kappa shape index (κ3) is 3.49. The predicted octanol–water partition coefficient (Wildman–Crippen LogP) is 2.88. The van der Waals surface area contributed by atoms with E-state index in [1.807, 2.05) is 30.3 Å². The van der Waals surface area contributed by atoms with Crippen molar-refractivity contribution >= 4 is 28.6 Å². The Hall–Kier alpha value is -2.63. The highest BCUT2D eigenvalue weighted by atomic mass is 16.5. The van der Waals surface area contributed by atoms with Crippen molar-refractivity contribution in [2.24, 2.45) is 5.92 Å². The molecule has 0 saturated heterocycles. The number of nitrogens with one attached hydrogen (secondary N) is 2. The number of hydrogen-bond acceptors (Lipinski definition) is 5. The van der Waals surface area contributed by atoms with E-state index >= 15 is 0 Å².